The predicted molar refractivity (Wildman–Crippen MR) is 137 cm³/mol. The highest BCUT2D eigenvalue weighted by Gasteiger charge is 2.63. The number of aliphatic hydroxyl groups is 1. The Morgan fingerprint density at radius 1 is 1.29 bits per heavy atom. The largest absolute Gasteiger partial charge is 0.496 e. The van der Waals surface area contributed by atoms with E-state index in [0.717, 1.165) is 36.2 Å². The molecule has 0 bridgehead atoms. The third-order valence-electron chi connectivity index (χ3n) is 8.75. The number of fused-ring (bicyclic) bond motifs is 2. The van der Waals surface area contributed by atoms with Crippen molar-refractivity contribution in [2.75, 3.05) is 7.11 Å². The van der Waals surface area contributed by atoms with Crippen LogP contribution in [-0.2, 0) is 17.6 Å². The predicted octanol–water partition coefficient (Wildman–Crippen LogP) is 4.40. The van der Waals surface area contributed by atoms with Crippen molar-refractivity contribution >= 4 is 12.0 Å². The molecule has 2 saturated carbocycles. The minimum Gasteiger partial charge on any atom is -0.496 e. The van der Waals surface area contributed by atoms with Crippen LogP contribution < -0.4 is 10.5 Å². The van der Waals surface area contributed by atoms with Gasteiger partial charge in [0.05, 0.1) is 41.5 Å². The molecule has 0 spiro atoms. The first kappa shape index (κ1) is 24.7. The lowest BCUT2D eigenvalue weighted by Gasteiger charge is -2.46. The molecule has 2 fully saturated rings. The van der Waals surface area contributed by atoms with Crippen molar-refractivity contribution < 1.29 is 23.4 Å². The van der Waals surface area contributed by atoms with Gasteiger partial charge in [-0.1, -0.05) is 5.57 Å². The number of benzene rings is 1. The molecule has 1 amide bonds. The molecule has 0 radical (unpaired) electrons. The second-order valence-electron chi connectivity index (χ2n) is 10.7. The number of nitrogens with zero attached hydrogens (tertiary/aromatic N) is 3. The number of carbonyl (C=O) groups excluding carboxylic acids is 1. The van der Waals surface area contributed by atoms with Crippen LogP contribution in [0.3, 0.4) is 0 Å². The lowest BCUT2D eigenvalue weighted by atomic mass is 9.61. The molecule has 2 aromatic heterocycles. The van der Waals surface area contributed by atoms with Gasteiger partial charge < -0.3 is 15.6 Å². The molecule has 3 N–H and O–H groups in total. The molecule has 3 aliphatic carbocycles. The standard InChI is InChI=1S/C29H30F2N4O3/c1-38-24-10-13-33-22(25(24)26(31)27(32)36)9-12-28(37)11-8-19-14-23-17(15-29(19,28)18-2-3-18)16-34-35(23)21-6-4-20(30)5-7-21/h4-7,10,13-14,16,18,26,37H,2-3,8-9,11-12,15H2,1H3,(H2,32,36)/t26?,28-,29-/m1/s1. The van der Waals surface area contributed by atoms with Crippen molar-refractivity contribution in [3.8, 4) is 11.4 Å². The summed E-state index contributed by atoms with van der Waals surface area (Å²) in [6.07, 6.45) is 8.17. The number of carbonyl (C=O) groups is 1. The number of hydrogen-bond donors (Lipinski definition) is 2. The van der Waals surface area contributed by atoms with Crippen LogP contribution in [-0.4, -0.2) is 38.5 Å². The lowest BCUT2D eigenvalue weighted by molar-refractivity contribution is -0.123. The fourth-order valence-corrected chi connectivity index (χ4v) is 6.82. The zero-order valence-corrected chi connectivity index (χ0v) is 21.2. The number of amides is 1. The Bertz CT molecular complexity index is 1430. The van der Waals surface area contributed by atoms with E-state index in [9.17, 15) is 18.7 Å². The lowest BCUT2D eigenvalue weighted by Crippen LogP contribution is -2.49. The maximum atomic E-state index is 14.9. The van der Waals surface area contributed by atoms with E-state index >= 15 is 0 Å². The summed E-state index contributed by atoms with van der Waals surface area (Å²) >= 11 is 0. The second kappa shape index (κ2) is 9.01. The molecular formula is C29H30F2N4O3. The van der Waals surface area contributed by atoms with E-state index in [2.05, 4.69) is 16.2 Å². The van der Waals surface area contributed by atoms with Crippen LogP contribution in [0.25, 0.3) is 11.8 Å². The number of nitrogens with two attached hydrogens (primary N) is 1. The maximum Gasteiger partial charge on any atom is 0.256 e. The normalized spacial score (nSPS) is 24.9. The second-order valence-corrected chi connectivity index (χ2v) is 10.7. The van der Waals surface area contributed by atoms with E-state index < -0.39 is 23.1 Å². The summed E-state index contributed by atoms with van der Waals surface area (Å²) in [5, 5.41) is 16.9. The van der Waals surface area contributed by atoms with Gasteiger partial charge >= 0.3 is 0 Å². The fraction of sp³-hybridized carbons (Fsp3) is 0.414. The first-order valence-corrected chi connectivity index (χ1v) is 13.0. The van der Waals surface area contributed by atoms with E-state index in [1.54, 1.807) is 12.1 Å². The number of hydrogen-bond acceptors (Lipinski definition) is 5. The molecule has 7 nitrogen and oxygen atoms in total. The summed E-state index contributed by atoms with van der Waals surface area (Å²) in [6, 6.07) is 7.76. The van der Waals surface area contributed by atoms with E-state index in [1.165, 1.54) is 37.1 Å². The molecule has 9 heteroatoms. The van der Waals surface area contributed by atoms with Crippen molar-refractivity contribution in [3.63, 3.8) is 0 Å². The molecule has 0 aliphatic heterocycles. The summed E-state index contributed by atoms with van der Waals surface area (Å²) in [6.45, 7) is 0. The summed E-state index contributed by atoms with van der Waals surface area (Å²) in [5.41, 5.74) is 8.21. The Hall–Kier alpha value is -3.59. The Balaban J connectivity index is 1.34. The van der Waals surface area contributed by atoms with Crippen LogP contribution in [0.2, 0.25) is 0 Å². The van der Waals surface area contributed by atoms with Crippen molar-refractivity contribution in [2.45, 2.75) is 56.7 Å². The van der Waals surface area contributed by atoms with Gasteiger partial charge in [-0.15, -0.1) is 0 Å². The van der Waals surface area contributed by atoms with Gasteiger partial charge in [0.15, 0.2) is 0 Å². The topological polar surface area (TPSA) is 103 Å². The van der Waals surface area contributed by atoms with E-state index in [-0.39, 0.29) is 23.6 Å². The van der Waals surface area contributed by atoms with Gasteiger partial charge in [0.1, 0.15) is 11.6 Å². The number of pyridine rings is 1. The van der Waals surface area contributed by atoms with Gasteiger partial charge in [-0.25, -0.2) is 13.5 Å². The molecular weight excluding hydrogens is 490 g/mol. The summed E-state index contributed by atoms with van der Waals surface area (Å²) in [7, 11) is 1.41. The van der Waals surface area contributed by atoms with E-state index in [0.29, 0.717) is 30.9 Å². The third-order valence-corrected chi connectivity index (χ3v) is 8.75. The fourth-order valence-electron chi connectivity index (χ4n) is 6.82. The molecule has 3 aliphatic rings. The number of ether oxygens (including phenoxy) is 1. The molecule has 1 unspecified atom stereocenters. The van der Waals surface area contributed by atoms with Crippen molar-refractivity contribution in [2.24, 2.45) is 17.1 Å². The van der Waals surface area contributed by atoms with Crippen molar-refractivity contribution in [1.82, 2.24) is 14.8 Å². The summed E-state index contributed by atoms with van der Waals surface area (Å²) < 4.78 is 35.5. The quantitative estimate of drug-likeness (QED) is 0.458. The van der Waals surface area contributed by atoms with Crippen LogP contribution in [0, 0.1) is 17.2 Å². The highest BCUT2D eigenvalue weighted by atomic mass is 19.1. The maximum absolute atomic E-state index is 14.9. The molecule has 198 valence electrons. The minimum absolute atomic E-state index is 0.0341. The van der Waals surface area contributed by atoms with Gasteiger partial charge in [-0.3, -0.25) is 9.78 Å². The zero-order chi connectivity index (χ0) is 26.7. The minimum atomic E-state index is -2.05. The number of rotatable bonds is 8. The number of aryl methyl sites for hydroxylation is 1. The Kier molecular flexibility index (Phi) is 5.86. The first-order chi connectivity index (χ1) is 18.3. The average Bonchev–Trinajstić information content (AvgIpc) is 3.64. The van der Waals surface area contributed by atoms with E-state index in [4.69, 9.17) is 10.5 Å². The summed E-state index contributed by atoms with van der Waals surface area (Å²) in [4.78, 5) is 16.1. The monoisotopic (exact) mass is 520 g/mol. The Morgan fingerprint density at radius 3 is 2.74 bits per heavy atom. The van der Waals surface area contributed by atoms with Crippen LogP contribution >= 0.6 is 0 Å². The van der Waals surface area contributed by atoms with Crippen molar-refractivity contribution in [3.05, 3.63) is 76.6 Å². The molecule has 38 heavy (non-hydrogen) atoms. The molecule has 1 aromatic carbocycles. The van der Waals surface area contributed by atoms with Gasteiger partial charge in [0.2, 0.25) is 6.17 Å². The number of aromatic nitrogens is 3. The first-order valence-electron chi connectivity index (χ1n) is 13.0. The van der Waals surface area contributed by atoms with Gasteiger partial charge in [0.25, 0.3) is 5.91 Å². The Labute approximate surface area is 219 Å². The molecule has 0 saturated heterocycles. The number of primary amides is 1. The van der Waals surface area contributed by atoms with Crippen LogP contribution in [0.1, 0.15) is 60.8 Å². The number of halogens is 2. The van der Waals surface area contributed by atoms with Crippen LogP contribution in [0.4, 0.5) is 8.78 Å². The Morgan fingerprint density at radius 2 is 2.05 bits per heavy atom. The van der Waals surface area contributed by atoms with Crippen LogP contribution in [0.5, 0.6) is 5.75 Å². The number of methoxy groups -OCH3 is 1. The summed E-state index contributed by atoms with van der Waals surface area (Å²) in [5.74, 6) is -0.839. The van der Waals surface area contributed by atoms with Crippen LogP contribution in [0.15, 0.2) is 48.3 Å². The third kappa shape index (κ3) is 3.74. The van der Waals surface area contributed by atoms with Gasteiger partial charge in [-0.2, -0.15) is 5.10 Å². The zero-order valence-electron chi connectivity index (χ0n) is 21.2. The highest BCUT2D eigenvalue weighted by molar-refractivity contribution is 5.81. The van der Waals surface area contributed by atoms with Crippen molar-refractivity contribution in [1.29, 1.82) is 0 Å². The molecule has 2 heterocycles. The smallest absolute Gasteiger partial charge is 0.256 e. The SMILES string of the molecule is COc1ccnc(CC[C@]2(O)CCC3=Cc4c(cnn4-c4ccc(F)cc4)C[C@@]32C2CC2)c1C(F)C(N)=O. The van der Waals surface area contributed by atoms with E-state index in [1.807, 2.05) is 10.9 Å². The van der Waals surface area contributed by atoms with Gasteiger partial charge in [-0.05, 0) is 92.8 Å². The molecule has 3 aromatic rings. The highest BCUT2D eigenvalue weighted by Crippen LogP contribution is 2.66. The average molecular weight is 521 g/mol. The molecule has 6 rings (SSSR count). The van der Waals surface area contributed by atoms with Gasteiger partial charge in [0, 0.05) is 11.6 Å². The molecule has 3 atom stereocenters. The number of alkyl halides is 1.